The lowest BCUT2D eigenvalue weighted by molar-refractivity contribution is 0.0375. The van der Waals surface area contributed by atoms with E-state index in [1.165, 1.54) is 0 Å². The molecule has 2 aliphatic rings. The fourth-order valence-corrected chi connectivity index (χ4v) is 4.61. The van der Waals surface area contributed by atoms with Crippen LogP contribution in [-0.2, 0) is 16.0 Å². The number of H-pyrrole nitrogens is 1. The molecule has 0 aliphatic carbocycles. The molecule has 0 radical (unpaired) electrons. The molecule has 1 aromatic carbocycles. The minimum atomic E-state index is -0.0597. The van der Waals surface area contributed by atoms with E-state index in [1.54, 1.807) is 0 Å². The van der Waals surface area contributed by atoms with Gasteiger partial charge in [0.05, 0.1) is 25.9 Å². The Morgan fingerprint density at radius 3 is 2.91 bits per heavy atom. The molecule has 4 rings (SSSR count). The second-order valence-corrected chi connectivity index (χ2v) is 9.16. The minimum absolute atomic E-state index is 0.0597. The van der Waals surface area contributed by atoms with E-state index in [0.717, 1.165) is 87.3 Å². The van der Waals surface area contributed by atoms with Gasteiger partial charge >= 0.3 is 0 Å². The van der Waals surface area contributed by atoms with Crippen molar-refractivity contribution in [2.45, 2.75) is 38.8 Å². The molecule has 0 spiro atoms. The number of morpholine rings is 1. The van der Waals surface area contributed by atoms with E-state index < -0.39 is 0 Å². The maximum Gasteiger partial charge on any atom is 0.253 e. The van der Waals surface area contributed by atoms with Crippen LogP contribution in [0.4, 0.5) is 0 Å². The maximum atomic E-state index is 12.8. The molecule has 0 saturated carbocycles. The van der Waals surface area contributed by atoms with E-state index in [4.69, 9.17) is 21.7 Å². The summed E-state index contributed by atoms with van der Waals surface area (Å²) in [7, 11) is 0. The highest BCUT2D eigenvalue weighted by atomic mass is 32.1. The first-order chi connectivity index (χ1) is 15.6. The van der Waals surface area contributed by atoms with Crippen LogP contribution in [0, 0.1) is 6.92 Å². The van der Waals surface area contributed by atoms with Crippen LogP contribution < -0.4 is 10.9 Å². The zero-order chi connectivity index (χ0) is 22.3. The van der Waals surface area contributed by atoms with Crippen LogP contribution in [0.2, 0.25) is 0 Å². The maximum absolute atomic E-state index is 12.8. The Balaban J connectivity index is 1.40. The number of rotatable bonds is 8. The standard InChI is InChI=1S/C24H34N4O3S/c1-18-5-6-19-15-20(23(29)26-22(19)14-18)16-28(17-21-4-2-11-31-21)24(32)25-7-3-8-27-9-12-30-13-10-27/h5-6,14-15,21H,2-4,7-13,16-17H2,1H3,(H,25,32)(H,26,29)/t21-/m1/s1. The number of thiocarbonyl (C=S) groups is 1. The second-order valence-electron chi connectivity index (χ2n) is 8.77. The van der Waals surface area contributed by atoms with Crippen molar-refractivity contribution in [3.05, 3.63) is 45.7 Å². The Bertz CT molecular complexity index is 967. The molecule has 174 valence electrons. The highest BCUT2D eigenvalue weighted by molar-refractivity contribution is 7.80. The van der Waals surface area contributed by atoms with Crippen LogP contribution in [0.25, 0.3) is 10.9 Å². The van der Waals surface area contributed by atoms with Crippen molar-refractivity contribution in [1.82, 2.24) is 20.1 Å². The topological polar surface area (TPSA) is 69.8 Å². The smallest absolute Gasteiger partial charge is 0.253 e. The molecule has 1 aromatic heterocycles. The number of hydrogen-bond acceptors (Lipinski definition) is 5. The summed E-state index contributed by atoms with van der Waals surface area (Å²) in [4.78, 5) is 20.3. The molecule has 2 saturated heterocycles. The molecule has 1 atom stereocenters. The van der Waals surface area contributed by atoms with Gasteiger partial charge in [-0.2, -0.15) is 0 Å². The predicted octanol–water partition coefficient (Wildman–Crippen LogP) is 2.41. The molecule has 32 heavy (non-hydrogen) atoms. The summed E-state index contributed by atoms with van der Waals surface area (Å²) in [5.41, 5.74) is 2.66. The summed E-state index contributed by atoms with van der Waals surface area (Å²) in [5, 5.41) is 5.13. The summed E-state index contributed by atoms with van der Waals surface area (Å²) >= 11 is 5.75. The molecule has 0 bridgehead atoms. The molecular weight excluding hydrogens is 424 g/mol. The quantitative estimate of drug-likeness (QED) is 0.465. The number of ether oxygens (including phenoxy) is 2. The van der Waals surface area contributed by atoms with Gasteiger partial charge in [0.1, 0.15) is 0 Å². The molecule has 3 heterocycles. The Kier molecular flexibility index (Phi) is 8.13. The van der Waals surface area contributed by atoms with Gasteiger partial charge in [-0.15, -0.1) is 0 Å². The first-order valence-electron chi connectivity index (χ1n) is 11.7. The number of nitrogens with zero attached hydrogens (tertiary/aromatic N) is 2. The number of pyridine rings is 1. The van der Waals surface area contributed by atoms with Gasteiger partial charge in [-0.25, -0.2) is 0 Å². The molecule has 2 aliphatic heterocycles. The number of aromatic nitrogens is 1. The number of fused-ring (bicyclic) bond motifs is 1. The third-order valence-electron chi connectivity index (χ3n) is 6.21. The van der Waals surface area contributed by atoms with Gasteiger partial charge in [-0.1, -0.05) is 12.1 Å². The van der Waals surface area contributed by atoms with E-state index >= 15 is 0 Å². The van der Waals surface area contributed by atoms with Crippen molar-refractivity contribution in [2.24, 2.45) is 0 Å². The van der Waals surface area contributed by atoms with Crippen molar-refractivity contribution in [2.75, 3.05) is 52.5 Å². The van der Waals surface area contributed by atoms with Crippen LogP contribution >= 0.6 is 12.2 Å². The minimum Gasteiger partial charge on any atom is -0.379 e. The van der Waals surface area contributed by atoms with Crippen molar-refractivity contribution < 1.29 is 9.47 Å². The van der Waals surface area contributed by atoms with Crippen LogP contribution in [0.3, 0.4) is 0 Å². The fraction of sp³-hybridized carbons (Fsp3) is 0.583. The summed E-state index contributed by atoms with van der Waals surface area (Å²) in [6, 6.07) is 8.11. The fourth-order valence-electron chi connectivity index (χ4n) is 4.37. The van der Waals surface area contributed by atoms with E-state index in [9.17, 15) is 4.79 Å². The molecule has 2 N–H and O–H groups in total. The van der Waals surface area contributed by atoms with Crippen molar-refractivity contribution >= 4 is 28.2 Å². The number of nitrogens with one attached hydrogen (secondary N) is 2. The molecule has 8 heteroatoms. The zero-order valence-electron chi connectivity index (χ0n) is 18.9. The van der Waals surface area contributed by atoms with Crippen LogP contribution in [0.1, 0.15) is 30.4 Å². The summed E-state index contributed by atoms with van der Waals surface area (Å²) in [6.07, 6.45) is 3.28. The van der Waals surface area contributed by atoms with Gasteiger partial charge in [-0.05, 0) is 68.0 Å². The zero-order valence-corrected chi connectivity index (χ0v) is 19.7. The highest BCUT2D eigenvalue weighted by Crippen LogP contribution is 2.17. The van der Waals surface area contributed by atoms with Crippen molar-refractivity contribution in [1.29, 1.82) is 0 Å². The average Bonchev–Trinajstić information content (AvgIpc) is 3.30. The first-order valence-corrected chi connectivity index (χ1v) is 12.1. The molecule has 2 fully saturated rings. The normalized spacial score (nSPS) is 19.3. The predicted molar refractivity (Wildman–Crippen MR) is 131 cm³/mol. The Labute approximate surface area is 195 Å². The third kappa shape index (κ3) is 6.28. The van der Waals surface area contributed by atoms with Crippen LogP contribution in [0.15, 0.2) is 29.1 Å². The number of aryl methyl sites for hydroxylation is 1. The lowest BCUT2D eigenvalue weighted by atomic mass is 10.1. The summed E-state index contributed by atoms with van der Waals surface area (Å²) in [5.74, 6) is 0. The number of hydrogen-bond donors (Lipinski definition) is 2. The first kappa shape index (κ1) is 23.2. The summed E-state index contributed by atoms with van der Waals surface area (Å²) < 4.78 is 11.3. The van der Waals surface area contributed by atoms with Crippen LogP contribution in [-0.4, -0.2) is 78.5 Å². The SMILES string of the molecule is Cc1ccc2cc(CN(C[C@H]3CCCO3)C(=S)NCCCN3CCOCC3)c(=O)[nH]c2c1. The Hall–Kier alpha value is -2.00. The van der Waals surface area contributed by atoms with Crippen molar-refractivity contribution in [3.63, 3.8) is 0 Å². The Morgan fingerprint density at radius 2 is 2.12 bits per heavy atom. The van der Waals surface area contributed by atoms with Gasteiger partial charge in [0.25, 0.3) is 5.56 Å². The van der Waals surface area contributed by atoms with Gasteiger partial charge in [0.15, 0.2) is 5.11 Å². The average molecular weight is 459 g/mol. The van der Waals surface area contributed by atoms with Gasteiger partial charge in [-0.3, -0.25) is 9.69 Å². The van der Waals surface area contributed by atoms with E-state index in [0.29, 0.717) is 18.2 Å². The molecule has 0 amide bonds. The number of benzene rings is 1. The Morgan fingerprint density at radius 1 is 1.28 bits per heavy atom. The second kappa shape index (κ2) is 11.2. The van der Waals surface area contributed by atoms with E-state index in [-0.39, 0.29) is 11.7 Å². The molecule has 7 nitrogen and oxygen atoms in total. The number of aromatic amines is 1. The third-order valence-corrected chi connectivity index (χ3v) is 6.61. The molecular formula is C24H34N4O3S. The van der Waals surface area contributed by atoms with E-state index in [1.807, 2.05) is 19.1 Å². The van der Waals surface area contributed by atoms with Crippen LogP contribution in [0.5, 0.6) is 0 Å². The largest absolute Gasteiger partial charge is 0.379 e. The van der Waals surface area contributed by atoms with E-state index in [2.05, 4.69) is 32.2 Å². The monoisotopic (exact) mass is 458 g/mol. The highest BCUT2D eigenvalue weighted by Gasteiger charge is 2.22. The summed E-state index contributed by atoms with van der Waals surface area (Å²) in [6.45, 7) is 9.48. The molecule has 0 unspecified atom stereocenters. The lowest BCUT2D eigenvalue weighted by Gasteiger charge is -2.29. The van der Waals surface area contributed by atoms with Crippen molar-refractivity contribution in [3.8, 4) is 0 Å². The van der Waals surface area contributed by atoms with Gasteiger partial charge < -0.3 is 24.7 Å². The molecule has 2 aromatic rings. The van der Waals surface area contributed by atoms with Gasteiger partial charge in [0, 0.05) is 43.9 Å². The van der Waals surface area contributed by atoms with Gasteiger partial charge in [0.2, 0.25) is 0 Å². The lowest BCUT2D eigenvalue weighted by Crippen LogP contribution is -2.45.